The third-order valence-electron chi connectivity index (χ3n) is 1.70. The molecule has 0 saturated heterocycles. The number of fused-ring (bicyclic) bond motifs is 1. The van der Waals surface area contributed by atoms with Crippen LogP contribution in [0, 0.1) is 0 Å². The maximum atomic E-state index is 10.9. The summed E-state index contributed by atoms with van der Waals surface area (Å²) in [6, 6.07) is 5.53. The molecule has 1 aliphatic rings. The van der Waals surface area contributed by atoms with Crippen molar-refractivity contribution in [2.24, 2.45) is 0 Å². The molecule has 63 valence electrons. The van der Waals surface area contributed by atoms with Crippen LogP contribution in [0.2, 0.25) is 0 Å². The molecule has 0 atom stereocenters. The Bertz CT molecular complexity index is 327. The summed E-state index contributed by atoms with van der Waals surface area (Å²) in [6.07, 6.45) is 0.472. The number of amides is 1. The van der Waals surface area contributed by atoms with Gasteiger partial charge in [-0.05, 0) is 11.6 Å². The van der Waals surface area contributed by atoms with Crippen LogP contribution in [0.15, 0.2) is 23.1 Å². The zero-order chi connectivity index (χ0) is 7.84. The van der Waals surface area contributed by atoms with E-state index in [1.807, 2.05) is 18.2 Å². The van der Waals surface area contributed by atoms with Crippen molar-refractivity contribution in [1.82, 2.24) is 0 Å². The van der Waals surface area contributed by atoms with Gasteiger partial charge in [-0.15, -0.1) is 0 Å². The minimum absolute atomic E-state index is 0. The van der Waals surface area contributed by atoms with Gasteiger partial charge in [-0.3, -0.25) is 4.79 Å². The van der Waals surface area contributed by atoms with Gasteiger partial charge < -0.3 is 17.9 Å². The van der Waals surface area contributed by atoms with Crippen molar-refractivity contribution in [2.75, 3.05) is 5.32 Å². The summed E-state index contributed by atoms with van der Waals surface area (Å²) in [5, 5.41) is 2.74. The minimum Gasteiger partial charge on any atom is -0.780 e. The van der Waals surface area contributed by atoms with Crippen molar-refractivity contribution in [2.45, 2.75) is 11.3 Å². The first-order valence-electron chi connectivity index (χ1n) is 3.35. The van der Waals surface area contributed by atoms with E-state index < -0.39 is 0 Å². The molecule has 1 aromatic carbocycles. The van der Waals surface area contributed by atoms with Gasteiger partial charge in [-0.1, -0.05) is 12.1 Å². The number of carbonyl (C=O) groups excluding carboxylic acids is 1. The molecule has 0 unspecified atom stereocenters. The molecule has 1 radical (unpaired) electrons. The number of rotatable bonds is 0. The molecule has 1 heterocycles. The molecule has 2 rings (SSSR count). The average Bonchev–Trinajstić information content (AvgIpc) is 2.27. The fourth-order valence-corrected chi connectivity index (χ4v) is 1.42. The minimum atomic E-state index is 0. The van der Waals surface area contributed by atoms with E-state index in [1.165, 1.54) is 0 Å². The van der Waals surface area contributed by atoms with Crippen molar-refractivity contribution >= 4 is 24.2 Å². The maximum Gasteiger partial charge on any atom is 1.00 e. The first-order valence-corrected chi connectivity index (χ1v) is 3.76. The summed E-state index contributed by atoms with van der Waals surface area (Å²) in [7, 11) is 0. The molecule has 1 N–H and O–H groups in total. The summed E-state index contributed by atoms with van der Waals surface area (Å²) < 4.78 is 0. The molecule has 0 aromatic heterocycles. The maximum absolute atomic E-state index is 10.9. The summed E-state index contributed by atoms with van der Waals surface area (Å²) in [6.45, 7) is 0. The van der Waals surface area contributed by atoms with Gasteiger partial charge >= 0.3 is 19.8 Å². The zero-order valence-electron chi connectivity index (χ0n) is 6.11. The van der Waals surface area contributed by atoms with Crippen LogP contribution in [0.25, 0.3) is 0 Å². The van der Waals surface area contributed by atoms with Crippen LogP contribution in [0.3, 0.4) is 0 Å². The van der Waals surface area contributed by atoms with E-state index >= 15 is 0 Å². The molecule has 1 aliphatic heterocycles. The van der Waals surface area contributed by atoms with Crippen molar-refractivity contribution in [3.8, 4) is 0 Å². The van der Waals surface area contributed by atoms with Crippen LogP contribution in [-0.4, -0.2) is 5.91 Å². The SMILES string of the molecule is O=C1Cc2cc([S-])ccc2N1.[Os+]. The molecule has 4 heteroatoms. The van der Waals surface area contributed by atoms with Gasteiger partial charge in [0.15, 0.2) is 0 Å². The molecule has 2 nitrogen and oxygen atoms in total. The second kappa shape index (κ2) is 3.51. The largest absolute Gasteiger partial charge is 1.00 e. The number of nitrogens with one attached hydrogen (secondary N) is 1. The Morgan fingerprint density at radius 3 is 2.92 bits per heavy atom. The van der Waals surface area contributed by atoms with E-state index in [0.717, 1.165) is 16.1 Å². The van der Waals surface area contributed by atoms with Gasteiger partial charge in [-0.2, -0.15) is 4.90 Å². The number of benzene rings is 1. The van der Waals surface area contributed by atoms with Crippen molar-refractivity contribution in [3.63, 3.8) is 0 Å². The Hall–Kier alpha value is -0.454. The van der Waals surface area contributed by atoms with Gasteiger partial charge in [0.2, 0.25) is 5.91 Å². The number of anilines is 1. The summed E-state index contributed by atoms with van der Waals surface area (Å²) in [4.78, 5) is 11.7. The average molecular weight is 354 g/mol. The third kappa shape index (κ3) is 1.65. The first kappa shape index (κ1) is 9.63. The van der Waals surface area contributed by atoms with Crippen molar-refractivity contribution in [3.05, 3.63) is 23.8 Å². The van der Waals surface area contributed by atoms with E-state index in [4.69, 9.17) is 12.6 Å². The van der Waals surface area contributed by atoms with Crippen LogP contribution in [0.4, 0.5) is 5.69 Å². The molecular weight excluding hydrogens is 348 g/mol. The molecule has 0 bridgehead atoms. The van der Waals surface area contributed by atoms with Crippen LogP contribution >= 0.6 is 0 Å². The summed E-state index contributed by atoms with van der Waals surface area (Å²) in [5.41, 5.74) is 1.92. The van der Waals surface area contributed by atoms with Crippen LogP contribution in [-0.2, 0) is 43.6 Å². The second-order valence-electron chi connectivity index (χ2n) is 2.54. The predicted molar refractivity (Wildman–Crippen MR) is 44.4 cm³/mol. The van der Waals surface area contributed by atoms with Crippen LogP contribution in [0.5, 0.6) is 0 Å². The fourth-order valence-electron chi connectivity index (χ4n) is 1.21. The number of hydrogen-bond acceptors (Lipinski definition) is 2. The Labute approximate surface area is 89.2 Å². The predicted octanol–water partition coefficient (Wildman–Crippen LogP) is 1.08. The Kier molecular flexibility index (Phi) is 2.82. The first-order chi connectivity index (χ1) is 5.25. The Morgan fingerprint density at radius 2 is 2.17 bits per heavy atom. The quantitative estimate of drug-likeness (QED) is 0.707. The van der Waals surface area contributed by atoms with Gasteiger partial charge in [0.1, 0.15) is 0 Å². The van der Waals surface area contributed by atoms with Crippen LogP contribution < -0.4 is 5.32 Å². The molecule has 1 amide bonds. The van der Waals surface area contributed by atoms with Gasteiger partial charge in [0, 0.05) is 5.69 Å². The third-order valence-corrected chi connectivity index (χ3v) is 1.96. The molecular formula is C8H6NOOsS. The van der Waals surface area contributed by atoms with Crippen molar-refractivity contribution in [1.29, 1.82) is 0 Å². The van der Waals surface area contributed by atoms with E-state index in [0.29, 0.717) is 6.42 Å². The normalized spacial score (nSPS) is 13.2. The molecule has 12 heavy (non-hydrogen) atoms. The van der Waals surface area contributed by atoms with E-state index in [-0.39, 0.29) is 25.7 Å². The topological polar surface area (TPSA) is 29.1 Å². The standard InChI is InChI=1S/C8H7NOS.Os/c10-8-4-5-3-6(11)1-2-7(5)9-8;/h1-3,11H,4H2,(H,9,10);/q;+1/p-1. The van der Waals surface area contributed by atoms with Crippen molar-refractivity contribution < 1.29 is 24.6 Å². The molecule has 0 saturated carbocycles. The van der Waals surface area contributed by atoms with Crippen LogP contribution in [0.1, 0.15) is 5.56 Å². The monoisotopic (exact) mass is 356 g/mol. The molecule has 0 spiro atoms. The fraction of sp³-hybridized carbons (Fsp3) is 0.125. The molecule has 0 aliphatic carbocycles. The Morgan fingerprint density at radius 1 is 1.42 bits per heavy atom. The summed E-state index contributed by atoms with van der Waals surface area (Å²) in [5.74, 6) is 0.0561. The molecule has 0 fully saturated rings. The Balaban J connectivity index is 0.000000720. The van der Waals surface area contributed by atoms with Gasteiger partial charge in [0.05, 0.1) is 6.42 Å². The zero-order valence-corrected chi connectivity index (χ0v) is 9.47. The second-order valence-corrected chi connectivity index (χ2v) is 3.02. The summed E-state index contributed by atoms with van der Waals surface area (Å²) >= 11 is 4.95. The molecule has 1 aromatic rings. The number of hydrogen-bond donors (Lipinski definition) is 1. The van der Waals surface area contributed by atoms with E-state index in [2.05, 4.69) is 5.32 Å². The van der Waals surface area contributed by atoms with Gasteiger partial charge in [0.25, 0.3) is 0 Å². The number of carbonyl (C=O) groups is 1. The smallest absolute Gasteiger partial charge is 0.780 e. The van der Waals surface area contributed by atoms with Gasteiger partial charge in [-0.25, -0.2) is 0 Å². The van der Waals surface area contributed by atoms with E-state index in [9.17, 15) is 4.79 Å². The van der Waals surface area contributed by atoms with E-state index in [1.54, 1.807) is 0 Å².